The monoisotopic (exact) mass is 276 g/mol. The van der Waals surface area contributed by atoms with Gasteiger partial charge in [-0.3, -0.25) is 0 Å². The number of aromatic nitrogens is 1. The van der Waals surface area contributed by atoms with E-state index in [0.29, 0.717) is 17.5 Å². The van der Waals surface area contributed by atoms with Crippen molar-refractivity contribution in [1.82, 2.24) is 4.57 Å². The molecular formula is C16H19ClNO. The molecular weight excluding hydrogens is 258 g/mol. The Labute approximate surface area is 119 Å². The van der Waals surface area contributed by atoms with Crippen LogP contribution in [0.2, 0.25) is 5.02 Å². The van der Waals surface area contributed by atoms with Gasteiger partial charge in [-0.05, 0) is 56.5 Å². The van der Waals surface area contributed by atoms with E-state index in [4.69, 9.17) is 11.6 Å². The predicted octanol–water partition coefficient (Wildman–Crippen LogP) is 4.18. The van der Waals surface area contributed by atoms with Crippen LogP contribution in [0.1, 0.15) is 42.8 Å². The van der Waals surface area contributed by atoms with Gasteiger partial charge in [0, 0.05) is 17.3 Å². The van der Waals surface area contributed by atoms with Crippen molar-refractivity contribution in [2.75, 3.05) is 0 Å². The largest absolute Gasteiger partial charge is 0.382 e. The fraction of sp³-hybridized carbons (Fsp3) is 0.312. The van der Waals surface area contributed by atoms with E-state index < -0.39 is 6.10 Å². The van der Waals surface area contributed by atoms with Gasteiger partial charge < -0.3 is 9.67 Å². The molecule has 2 aromatic rings. The second kappa shape index (κ2) is 5.81. The molecule has 3 heteroatoms. The molecule has 101 valence electrons. The zero-order chi connectivity index (χ0) is 14.0. The summed E-state index contributed by atoms with van der Waals surface area (Å²) in [5, 5.41) is 11.3. The molecule has 2 rings (SSSR count). The van der Waals surface area contributed by atoms with Crippen LogP contribution in [0.15, 0.2) is 36.5 Å². The molecule has 1 heterocycles. The van der Waals surface area contributed by atoms with Gasteiger partial charge in [0.15, 0.2) is 0 Å². The number of halogens is 1. The van der Waals surface area contributed by atoms with E-state index in [0.717, 1.165) is 16.8 Å². The van der Waals surface area contributed by atoms with Gasteiger partial charge >= 0.3 is 0 Å². The summed E-state index contributed by atoms with van der Waals surface area (Å²) in [6, 6.07) is 9.65. The standard InChI is InChI=1S/C16H19ClNO/c1-4-12-9-10-18(11(2)3)15(12)16(19)13-5-7-14(17)8-6-13/h5-11,16,19H,1,4H2,2-3H3. The Kier molecular flexibility index (Phi) is 4.33. The van der Waals surface area contributed by atoms with E-state index >= 15 is 0 Å². The number of benzene rings is 1. The maximum atomic E-state index is 10.6. The molecule has 0 bridgehead atoms. The highest BCUT2D eigenvalue weighted by Gasteiger charge is 2.19. The van der Waals surface area contributed by atoms with E-state index in [2.05, 4.69) is 25.3 Å². The van der Waals surface area contributed by atoms with Crippen molar-refractivity contribution in [3.63, 3.8) is 0 Å². The van der Waals surface area contributed by atoms with Crippen molar-refractivity contribution in [3.05, 3.63) is 65.3 Å². The number of aliphatic hydroxyl groups is 1. The first-order chi connectivity index (χ1) is 9.04. The smallest absolute Gasteiger partial charge is 0.119 e. The van der Waals surface area contributed by atoms with Crippen LogP contribution < -0.4 is 0 Å². The lowest BCUT2D eigenvalue weighted by Gasteiger charge is -2.19. The van der Waals surface area contributed by atoms with Crippen LogP contribution in [0.5, 0.6) is 0 Å². The van der Waals surface area contributed by atoms with E-state index in [1.165, 1.54) is 0 Å². The Balaban J connectivity index is 2.44. The van der Waals surface area contributed by atoms with Gasteiger partial charge in [0.2, 0.25) is 0 Å². The lowest BCUT2D eigenvalue weighted by molar-refractivity contribution is 0.207. The molecule has 0 saturated heterocycles. The van der Waals surface area contributed by atoms with E-state index in [1.807, 2.05) is 24.4 Å². The number of nitrogens with zero attached hydrogens (tertiary/aromatic N) is 1. The highest BCUT2D eigenvalue weighted by atomic mass is 35.5. The third-order valence-electron chi connectivity index (χ3n) is 3.31. The topological polar surface area (TPSA) is 25.2 Å². The molecule has 0 aliphatic carbocycles. The molecule has 0 aliphatic heterocycles. The van der Waals surface area contributed by atoms with Crippen LogP contribution in [-0.4, -0.2) is 9.67 Å². The molecule has 1 N–H and O–H groups in total. The summed E-state index contributed by atoms with van der Waals surface area (Å²) in [6.07, 6.45) is 2.03. The second-order valence-corrected chi connectivity index (χ2v) is 5.37. The highest BCUT2D eigenvalue weighted by Crippen LogP contribution is 2.29. The first kappa shape index (κ1) is 14.2. The van der Waals surface area contributed by atoms with Crippen molar-refractivity contribution in [2.24, 2.45) is 0 Å². The molecule has 1 radical (unpaired) electrons. The minimum Gasteiger partial charge on any atom is -0.382 e. The molecule has 1 aromatic carbocycles. The maximum absolute atomic E-state index is 10.6. The van der Waals surface area contributed by atoms with E-state index in [-0.39, 0.29) is 0 Å². The molecule has 0 amide bonds. The van der Waals surface area contributed by atoms with Gasteiger partial charge in [0.1, 0.15) is 6.10 Å². The Morgan fingerprint density at radius 2 is 1.84 bits per heavy atom. The zero-order valence-corrected chi connectivity index (χ0v) is 12.1. The maximum Gasteiger partial charge on any atom is 0.119 e. The molecule has 1 atom stereocenters. The van der Waals surface area contributed by atoms with Crippen LogP contribution in [0.4, 0.5) is 0 Å². The minimum absolute atomic E-state index is 0.303. The molecule has 0 spiro atoms. The third-order valence-corrected chi connectivity index (χ3v) is 3.57. The SMILES string of the molecule is [CH2]Cc1ccn(C(C)C)c1C(O)c1ccc(Cl)cc1. The van der Waals surface area contributed by atoms with Crippen LogP contribution in [0.3, 0.4) is 0 Å². The van der Waals surface area contributed by atoms with Gasteiger partial charge in [0.05, 0.1) is 5.69 Å². The lowest BCUT2D eigenvalue weighted by Crippen LogP contribution is -2.12. The van der Waals surface area contributed by atoms with Crippen molar-refractivity contribution < 1.29 is 5.11 Å². The van der Waals surface area contributed by atoms with Crippen LogP contribution in [0.25, 0.3) is 0 Å². The fourth-order valence-electron chi connectivity index (χ4n) is 2.28. The quantitative estimate of drug-likeness (QED) is 0.890. The van der Waals surface area contributed by atoms with Crippen LogP contribution >= 0.6 is 11.6 Å². The van der Waals surface area contributed by atoms with Crippen molar-refractivity contribution in [3.8, 4) is 0 Å². The summed E-state index contributed by atoms with van der Waals surface area (Å²) in [5.74, 6) is 0. The molecule has 1 unspecified atom stereocenters. The summed E-state index contributed by atoms with van der Waals surface area (Å²) >= 11 is 5.88. The Morgan fingerprint density at radius 3 is 2.37 bits per heavy atom. The fourth-order valence-corrected chi connectivity index (χ4v) is 2.41. The normalized spacial score (nSPS) is 12.9. The Morgan fingerprint density at radius 1 is 1.21 bits per heavy atom. The number of rotatable bonds is 4. The van der Waals surface area contributed by atoms with Crippen molar-refractivity contribution in [1.29, 1.82) is 0 Å². The molecule has 2 nitrogen and oxygen atoms in total. The highest BCUT2D eigenvalue weighted by molar-refractivity contribution is 6.30. The van der Waals surface area contributed by atoms with Gasteiger partial charge in [-0.15, -0.1) is 0 Å². The van der Waals surface area contributed by atoms with Gasteiger partial charge in [-0.2, -0.15) is 0 Å². The molecule has 0 fully saturated rings. The average molecular weight is 277 g/mol. The summed E-state index contributed by atoms with van der Waals surface area (Å²) in [7, 11) is 0. The van der Waals surface area contributed by atoms with Crippen LogP contribution in [0, 0.1) is 6.92 Å². The third kappa shape index (κ3) is 2.85. The summed E-state index contributed by atoms with van der Waals surface area (Å²) in [6.45, 7) is 8.14. The van der Waals surface area contributed by atoms with Crippen molar-refractivity contribution >= 4 is 11.6 Å². The summed E-state index contributed by atoms with van der Waals surface area (Å²) < 4.78 is 2.10. The zero-order valence-electron chi connectivity index (χ0n) is 11.3. The first-order valence-electron chi connectivity index (χ1n) is 6.47. The Bertz CT molecular complexity index is 542. The van der Waals surface area contributed by atoms with Gasteiger partial charge in [0.25, 0.3) is 0 Å². The molecule has 1 aromatic heterocycles. The summed E-state index contributed by atoms with van der Waals surface area (Å²) in [5.41, 5.74) is 2.85. The Hall–Kier alpha value is -1.25. The summed E-state index contributed by atoms with van der Waals surface area (Å²) in [4.78, 5) is 0. The van der Waals surface area contributed by atoms with Gasteiger partial charge in [-0.1, -0.05) is 23.7 Å². The second-order valence-electron chi connectivity index (χ2n) is 4.93. The molecule has 0 saturated carbocycles. The van der Waals surface area contributed by atoms with Crippen molar-refractivity contribution in [2.45, 2.75) is 32.4 Å². The minimum atomic E-state index is -0.647. The first-order valence-corrected chi connectivity index (χ1v) is 6.84. The van der Waals surface area contributed by atoms with E-state index in [9.17, 15) is 5.11 Å². The predicted molar refractivity (Wildman–Crippen MR) is 79.4 cm³/mol. The van der Waals surface area contributed by atoms with Crippen LogP contribution in [-0.2, 0) is 6.42 Å². The van der Waals surface area contributed by atoms with Gasteiger partial charge in [-0.25, -0.2) is 0 Å². The van der Waals surface area contributed by atoms with E-state index in [1.54, 1.807) is 12.1 Å². The number of aliphatic hydroxyl groups excluding tert-OH is 1. The lowest BCUT2D eigenvalue weighted by atomic mass is 10.0. The average Bonchev–Trinajstić information content (AvgIpc) is 2.82. The molecule has 19 heavy (non-hydrogen) atoms. The number of hydrogen-bond acceptors (Lipinski definition) is 1. The number of hydrogen-bond donors (Lipinski definition) is 1. The molecule has 0 aliphatic rings.